The number of ether oxygens (including phenoxy) is 2. The molecule has 0 fully saturated rings. The lowest BCUT2D eigenvalue weighted by atomic mass is 10.3. The zero-order valence-electron chi connectivity index (χ0n) is 11.1. The number of carbonyl (C=O) groups excluding carboxylic acids is 1. The first-order chi connectivity index (χ1) is 9.69. The van der Waals surface area contributed by atoms with Gasteiger partial charge in [0.15, 0.2) is 6.61 Å². The molecule has 3 N–H and O–H groups in total. The third kappa shape index (κ3) is 3.65. The quantitative estimate of drug-likeness (QED) is 0.819. The van der Waals surface area contributed by atoms with Crippen molar-refractivity contribution in [2.75, 3.05) is 24.8 Å². The molecular weight excluding hydrogens is 256 g/mol. The molecule has 104 valence electrons. The highest BCUT2D eigenvalue weighted by Gasteiger charge is 2.07. The molecule has 0 unspecified atom stereocenters. The molecule has 0 saturated heterocycles. The lowest BCUT2D eigenvalue weighted by Crippen LogP contribution is -2.20. The maximum absolute atomic E-state index is 11.7. The predicted octanol–water partition coefficient (Wildman–Crippen LogP) is 2.29. The lowest BCUT2D eigenvalue weighted by Gasteiger charge is -2.10. The number of carbonyl (C=O) groups is 1. The van der Waals surface area contributed by atoms with Gasteiger partial charge in [0.25, 0.3) is 5.91 Å². The second kappa shape index (κ2) is 6.47. The molecule has 2 rings (SSSR count). The van der Waals surface area contributed by atoms with Gasteiger partial charge in [0.1, 0.15) is 11.5 Å². The summed E-state index contributed by atoms with van der Waals surface area (Å²) < 4.78 is 10.5. The van der Waals surface area contributed by atoms with Crippen LogP contribution in [0.5, 0.6) is 11.5 Å². The summed E-state index contributed by atoms with van der Waals surface area (Å²) in [6, 6.07) is 14.2. The van der Waals surface area contributed by atoms with Crippen LogP contribution in [-0.2, 0) is 4.79 Å². The molecular formula is C15H16N2O3. The van der Waals surface area contributed by atoms with Gasteiger partial charge in [0.05, 0.1) is 12.8 Å². The molecule has 0 aliphatic rings. The van der Waals surface area contributed by atoms with E-state index in [1.165, 1.54) is 0 Å². The summed E-state index contributed by atoms with van der Waals surface area (Å²) >= 11 is 0. The molecule has 0 aliphatic heterocycles. The van der Waals surface area contributed by atoms with E-state index < -0.39 is 0 Å². The van der Waals surface area contributed by atoms with Crippen molar-refractivity contribution in [3.8, 4) is 11.5 Å². The summed E-state index contributed by atoms with van der Waals surface area (Å²) in [4.78, 5) is 11.7. The maximum Gasteiger partial charge on any atom is 0.262 e. The number of nitrogens with two attached hydrogens (primary N) is 1. The Bertz CT molecular complexity index is 585. The monoisotopic (exact) mass is 272 g/mol. The molecule has 0 saturated carbocycles. The first-order valence-electron chi connectivity index (χ1n) is 6.10. The van der Waals surface area contributed by atoms with Crippen LogP contribution in [0.1, 0.15) is 0 Å². The van der Waals surface area contributed by atoms with E-state index in [-0.39, 0.29) is 12.5 Å². The van der Waals surface area contributed by atoms with Crippen LogP contribution >= 0.6 is 0 Å². The Morgan fingerprint density at radius 3 is 2.65 bits per heavy atom. The van der Waals surface area contributed by atoms with Gasteiger partial charge in [-0.05, 0) is 24.3 Å². The van der Waals surface area contributed by atoms with Gasteiger partial charge in [0, 0.05) is 11.8 Å². The predicted molar refractivity (Wildman–Crippen MR) is 78.0 cm³/mol. The van der Waals surface area contributed by atoms with Crippen LogP contribution in [0.2, 0.25) is 0 Å². The molecule has 0 radical (unpaired) electrons. The van der Waals surface area contributed by atoms with Gasteiger partial charge in [0.2, 0.25) is 0 Å². The first kappa shape index (κ1) is 13.7. The molecule has 1 amide bonds. The molecule has 0 aromatic heterocycles. The third-order valence-corrected chi connectivity index (χ3v) is 2.64. The highest BCUT2D eigenvalue weighted by molar-refractivity contribution is 5.91. The number of benzene rings is 2. The number of nitrogen functional groups attached to an aromatic ring is 1. The number of hydrogen-bond donors (Lipinski definition) is 2. The fourth-order valence-electron chi connectivity index (χ4n) is 1.63. The van der Waals surface area contributed by atoms with Gasteiger partial charge in [-0.1, -0.05) is 18.2 Å². The van der Waals surface area contributed by atoms with Crippen molar-refractivity contribution in [1.29, 1.82) is 0 Å². The van der Waals surface area contributed by atoms with E-state index in [9.17, 15) is 4.79 Å². The highest BCUT2D eigenvalue weighted by atomic mass is 16.5. The van der Waals surface area contributed by atoms with Crippen molar-refractivity contribution in [3.63, 3.8) is 0 Å². The van der Waals surface area contributed by atoms with Crippen LogP contribution in [0.25, 0.3) is 0 Å². The van der Waals surface area contributed by atoms with E-state index in [0.29, 0.717) is 17.2 Å². The zero-order valence-corrected chi connectivity index (χ0v) is 11.1. The van der Waals surface area contributed by atoms with Gasteiger partial charge in [-0.3, -0.25) is 4.79 Å². The number of methoxy groups -OCH3 is 1. The fourth-order valence-corrected chi connectivity index (χ4v) is 1.63. The van der Waals surface area contributed by atoms with E-state index in [4.69, 9.17) is 15.2 Å². The normalized spacial score (nSPS) is 9.85. The van der Waals surface area contributed by atoms with Crippen molar-refractivity contribution >= 4 is 17.3 Å². The zero-order chi connectivity index (χ0) is 14.4. The standard InChI is InChI=1S/C15H16N2O3/c1-19-12-7-8-13(16)14(9-12)20-10-15(18)17-11-5-3-2-4-6-11/h2-9H,10,16H2,1H3,(H,17,18). The van der Waals surface area contributed by atoms with Gasteiger partial charge in [-0.25, -0.2) is 0 Å². The fraction of sp³-hybridized carbons (Fsp3) is 0.133. The molecule has 2 aromatic rings. The summed E-state index contributed by atoms with van der Waals surface area (Å²) in [5.74, 6) is 0.795. The smallest absolute Gasteiger partial charge is 0.262 e. The van der Waals surface area contributed by atoms with E-state index >= 15 is 0 Å². The lowest BCUT2D eigenvalue weighted by molar-refractivity contribution is -0.118. The van der Waals surface area contributed by atoms with Crippen LogP contribution < -0.4 is 20.5 Å². The topological polar surface area (TPSA) is 73.6 Å². The van der Waals surface area contributed by atoms with Crippen LogP contribution in [0.4, 0.5) is 11.4 Å². The first-order valence-corrected chi connectivity index (χ1v) is 6.10. The minimum absolute atomic E-state index is 0.119. The van der Waals surface area contributed by atoms with E-state index in [1.54, 1.807) is 37.4 Å². The van der Waals surface area contributed by atoms with Gasteiger partial charge in [-0.2, -0.15) is 0 Å². The molecule has 0 atom stereocenters. The van der Waals surface area contributed by atoms with E-state index in [2.05, 4.69) is 5.32 Å². The van der Waals surface area contributed by atoms with Crippen LogP contribution in [0.3, 0.4) is 0 Å². The summed E-state index contributed by atoms with van der Waals surface area (Å²) in [7, 11) is 1.55. The van der Waals surface area contributed by atoms with Gasteiger partial charge < -0.3 is 20.5 Å². The van der Waals surface area contributed by atoms with E-state index in [1.807, 2.05) is 18.2 Å². The SMILES string of the molecule is COc1ccc(N)c(OCC(=O)Nc2ccccc2)c1. The van der Waals surface area contributed by atoms with Crippen molar-refractivity contribution in [2.45, 2.75) is 0 Å². The second-order valence-corrected chi connectivity index (χ2v) is 4.11. The van der Waals surface area contributed by atoms with Crippen LogP contribution in [-0.4, -0.2) is 19.6 Å². The number of anilines is 2. The number of hydrogen-bond acceptors (Lipinski definition) is 4. The Labute approximate surface area is 117 Å². The summed E-state index contributed by atoms with van der Waals surface area (Å²) in [5.41, 5.74) is 6.95. The minimum atomic E-state index is -0.251. The Kier molecular flexibility index (Phi) is 4.44. The molecule has 20 heavy (non-hydrogen) atoms. The molecule has 0 aliphatic carbocycles. The molecule has 2 aromatic carbocycles. The van der Waals surface area contributed by atoms with Gasteiger partial charge >= 0.3 is 0 Å². The Morgan fingerprint density at radius 2 is 1.95 bits per heavy atom. The van der Waals surface area contributed by atoms with Crippen molar-refractivity contribution in [3.05, 3.63) is 48.5 Å². The second-order valence-electron chi connectivity index (χ2n) is 4.11. The third-order valence-electron chi connectivity index (χ3n) is 2.64. The summed E-state index contributed by atoms with van der Waals surface area (Å²) in [5, 5.41) is 2.72. The number of amides is 1. The highest BCUT2D eigenvalue weighted by Crippen LogP contribution is 2.26. The number of nitrogens with one attached hydrogen (secondary N) is 1. The number of para-hydroxylation sites is 1. The molecule has 5 nitrogen and oxygen atoms in total. The van der Waals surface area contributed by atoms with E-state index in [0.717, 1.165) is 5.69 Å². The Morgan fingerprint density at radius 1 is 1.20 bits per heavy atom. The van der Waals surface area contributed by atoms with Gasteiger partial charge in [-0.15, -0.1) is 0 Å². The summed E-state index contributed by atoms with van der Waals surface area (Å²) in [6.07, 6.45) is 0. The largest absolute Gasteiger partial charge is 0.497 e. The molecule has 0 heterocycles. The van der Waals surface area contributed by atoms with Crippen molar-refractivity contribution in [2.24, 2.45) is 0 Å². The van der Waals surface area contributed by atoms with Crippen LogP contribution in [0.15, 0.2) is 48.5 Å². The number of rotatable bonds is 5. The summed E-state index contributed by atoms with van der Waals surface area (Å²) in [6.45, 7) is -0.119. The van der Waals surface area contributed by atoms with Crippen molar-refractivity contribution in [1.82, 2.24) is 0 Å². The maximum atomic E-state index is 11.7. The Balaban J connectivity index is 1.93. The Hall–Kier alpha value is -2.69. The van der Waals surface area contributed by atoms with Crippen LogP contribution in [0, 0.1) is 0 Å². The molecule has 0 spiro atoms. The molecule has 5 heteroatoms. The minimum Gasteiger partial charge on any atom is -0.497 e. The average Bonchev–Trinajstić information content (AvgIpc) is 2.47. The molecule has 0 bridgehead atoms. The average molecular weight is 272 g/mol. The van der Waals surface area contributed by atoms with Crippen molar-refractivity contribution < 1.29 is 14.3 Å².